The summed E-state index contributed by atoms with van der Waals surface area (Å²) in [5.41, 5.74) is 3.32. The molecule has 4 rings (SSSR count). The molecule has 1 aromatic heterocycles. The highest BCUT2D eigenvalue weighted by molar-refractivity contribution is 5.96. The number of H-pyrrole nitrogens is 1. The van der Waals surface area contributed by atoms with Crippen LogP contribution in [0.3, 0.4) is 0 Å². The van der Waals surface area contributed by atoms with Gasteiger partial charge in [0.15, 0.2) is 11.5 Å². The normalized spacial score (nSPS) is 14.1. The summed E-state index contributed by atoms with van der Waals surface area (Å²) < 4.78 is 29.7. The lowest BCUT2D eigenvalue weighted by molar-refractivity contribution is -0.126. The second-order valence-electron chi connectivity index (χ2n) is 8.94. The molecule has 1 aliphatic rings. The quantitative estimate of drug-likeness (QED) is 0.493. The number of fused-ring (bicyclic) bond motifs is 1. The second kappa shape index (κ2) is 10.9. The summed E-state index contributed by atoms with van der Waals surface area (Å²) >= 11 is 0. The summed E-state index contributed by atoms with van der Waals surface area (Å²) in [5, 5.41) is 3.87. The molecule has 36 heavy (non-hydrogen) atoms. The lowest BCUT2D eigenvalue weighted by Crippen LogP contribution is -2.43. The number of carbonyl (C=O) groups excluding carboxylic acids is 2. The number of carbonyl (C=O) groups is 2. The molecule has 2 heterocycles. The van der Waals surface area contributed by atoms with Gasteiger partial charge in [0.25, 0.3) is 5.91 Å². The average molecular weight is 498 g/mol. The molecule has 0 spiro atoms. The van der Waals surface area contributed by atoms with Crippen molar-refractivity contribution in [3.05, 3.63) is 53.0 Å². The number of aromatic amines is 1. The van der Waals surface area contributed by atoms with Crippen molar-refractivity contribution in [1.82, 2.24) is 15.2 Å². The minimum absolute atomic E-state index is 0.0152. The van der Waals surface area contributed by atoms with E-state index in [1.807, 2.05) is 6.92 Å². The topological polar surface area (TPSA) is 92.9 Å². The van der Waals surface area contributed by atoms with Crippen molar-refractivity contribution in [3.63, 3.8) is 0 Å². The van der Waals surface area contributed by atoms with Crippen LogP contribution in [0.25, 0.3) is 10.9 Å². The molecule has 3 aromatic rings. The van der Waals surface area contributed by atoms with Gasteiger partial charge in [0.1, 0.15) is 5.82 Å². The van der Waals surface area contributed by atoms with Gasteiger partial charge in [0.05, 0.1) is 21.3 Å². The highest BCUT2D eigenvalue weighted by Gasteiger charge is 2.29. The number of rotatable bonds is 8. The number of hydrogen-bond donors (Lipinski definition) is 2. The van der Waals surface area contributed by atoms with Crippen LogP contribution in [0.5, 0.6) is 17.2 Å². The van der Waals surface area contributed by atoms with E-state index < -0.39 is 0 Å². The molecule has 2 aromatic carbocycles. The lowest BCUT2D eigenvalue weighted by atomic mass is 9.95. The maximum Gasteiger partial charge on any atom is 0.254 e. The van der Waals surface area contributed by atoms with Crippen molar-refractivity contribution in [1.29, 1.82) is 0 Å². The van der Waals surface area contributed by atoms with Gasteiger partial charge >= 0.3 is 0 Å². The predicted molar refractivity (Wildman–Crippen MR) is 134 cm³/mol. The number of hydrogen-bond acceptors (Lipinski definition) is 5. The maximum absolute atomic E-state index is 13.7. The zero-order valence-corrected chi connectivity index (χ0v) is 21.1. The summed E-state index contributed by atoms with van der Waals surface area (Å²) in [4.78, 5) is 30.9. The van der Waals surface area contributed by atoms with Gasteiger partial charge in [0.2, 0.25) is 11.7 Å². The molecule has 192 valence electrons. The number of ether oxygens (including phenoxy) is 3. The summed E-state index contributed by atoms with van der Waals surface area (Å²) in [6, 6.07) is 7.97. The summed E-state index contributed by atoms with van der Waals surface area (Å²) in [6.45, 7) is 3.38. The minimum Gasteiger partial charge on any atom is -0.493 e. The average Bonchev–Trinajstić information content (AvgIpc) is 3.21. The third-order valence-electron chi connectivity index (χ3n) is 6.82. The van der Waals surface area contributed by atoms with E-state index in [1.54, 1.807) is 23.1 Å². The first-order valence-corrected chi connectivity index (χ1v) is 12.0. The molecule has 2 N–H and O–H groups in total. The van der Waals surface area contributed by atoms with Gasteiger partial charge in [-0.25, -0.2) is 4.39 Å². The molecular formula is C27H32FN3O5. The van der Waals surface area contributed by atoms with Gasteiger partial charge in [-0.2, -0.15) is 0 Å². The monoisotopic (exact) mass is 497 g/mol. The maximum atomic E-state index is 13.7. The first-order valence-electron chi connectivity index (χ1n) is 12.0. The third kappa shape index (κ3) is 5.10. The number of nitrogens with zero attached hydrogens (tertiary/aromatic N) is 1. The number of amides is 2. The van der Waals surface area contributed by atoms with Crippen LogP contribution in [0, 0.1) is 18.7 Å². The Balaban J connectivity index is 1.32. The number of benzene rings is 2. The molecule has 0 aliphatic carbocycles. The van der Waals surface area contributed by atoms with E-state index >= 15 is 0 Å². The van der Waals surface area contributed by atoms with Crippen LogP contribution in [0.2, 0.25) is 0 Å². The molecule has 2 amide bonds. The van der Waals surface area contributed by atoms with Crippen molar-refractivity contribution < 1.29 is 28.2 Å². The van der Waals surface area contributed by atoms with E-state index in [9.17, 15) is 14.0 Å². The molecule has 0 unspecified atom stereocenters. The Hall–Kier alpha value is -3.75. The van der Waals surface area contributed by atoms with Crippen molar-refractivity contribution in [2.24, 2.45) is 5.92 Å². The number of halogens is 1. The largest absolute Gasteiger partial charge is 0.493 e. The van der Waals surface area contributed by atoms with Gasteiger partial charge in [-0.1, -0.05) is 0 Å². The molecule has 9 heteroatoms. The summed E-state index contributed by atoms with van der Waals surface area (Å²) in [5.74, 6) is 0.675. The lowest BCUT2D eigenvalue weighted by Gasteiger charge is -2.31. The van der Waals surface area contributed by atoms with E-state index in [4.69, 9.17) is 14.2 Å². The summed E-state index contributed by atoms with van der Waals surface area (Å²) in [6.07, 6.45) is 1.78. The smallest absolute Gasteiger partial charge is 0.254 e. The molecule has 0 saturated carbocycles. The highest BCUT2D eigenvalue weighted by atomic mass is 19.1. The van der Waals surface area contributed by atoms with Crippen molar-refractivity contribution >= 4 is 22.7 Å². The molecule has 0 atom stereocenters. The fraction of sp³-hybridized carbons (Fsp3) is 0.407. The predicted octanol–water partition coefficient (Wildman–Crippen LogP) is 3.85. The van der Waals surface area contributed by atoms with Gasteiger partial charge in [-0.15, -0.1) is 0 Å². The van der Waals surface area contributed by atoms with Crippen LogP contribution in [0.1, 0.15) is 34.5 Å². The van der Waals surface area contributed by atoms with Gasteiger partial charge in [-0.3, -0.25) is 9.59 Å². The van der Waals surface area contributed by atoms with Crippen LogP contribution < -0.4 is 19.5 Å². The fourth-order valence-corrected chi connectivity index (χ4v) is 4.86. The Morgan fingerprint density at radius 3 is 2.33 bits per heavy atom. The fourth-order valence-electron chi connectivity index (χ4n) is 4.86. The zero-order valence-electron chi connectivity index (χ0n) is 21.1. The molecular weight excluding hydrogens is 465 g/mol. The Labute approximate surface area is 209 Å². The SMILES string of the molecule is COc1cc(C(=O)N2CCC(C(=O)NCCc3c(C)[nH]c4ccc(F)cc34)CC2)cc(OC)c1OC. The standard InChI is InChI=1S/C27H32FN3O5/c1-16-20(21-15-19(28)5-6-22(21)30-16)7-10-29-26(32)17-8-11-31(12-9-17)27(33)18-13-23(34-2)25(36-4)24(14-18)35-3/h5-6,13-15,17,30H,7-12H2,1-4H3,(H,29,32). The van der Waals surface area contributed by atoms with Crippen LogP contribution >= 0.6 is 0 Å². The van der Waals surface area contributed by atoms with Crippen molar-refractivity contribution in [2.45, 2.75) is 26.2 Å². The van der Waals surface area contributed by atoms with E-state index in [0.717, 1.165) is 22.2 Å². The number of likely N-dealkylation sites (tertiary alicyclic amines) is 1. The Morgan fingerprint density at radius 2 is 1.72 bits per heavy atom. The van der Waals surface area contributed by atoms with Crippen LogP contribution in [-0.2, 0) is 11.2 Å². The number of piperidine rings is 1. The molecule has 1 saturated heterocycles. The van der Waals surface area contributed by atoms with Gasteiger partial charge < -0.3 is 29.4 Å². The van der Waals surface area contributed by atoms with E-state index in [-0.39, 0.29) is 23.5 Å². The molecule has 1 fully saturated rings. The molecule has 0 radical (unpaired) electrons. The van der Waals surface area contributed by atoms with Gasteiger partial charge in [-0.05, 0) is 62.1 Å². The number of aromatic nitrogens is 1. The van der Waals surface area contributed by atoms with Crippen LogP contribution in [-0.4, -0.2) is 62.7 Å². The number of aryl methyl sites for hydroxylation is 1. The first kappa shape index (κ1) is 25.3. The zero-order chi connectivity index (χ0) is 25.8. The van der Waals surface area contributed by atoms with E-state index in [1.165, 1.54) is 33.5 Å². The van der Waals surface area contributed by atoms with Gasteiger partial charge in [0, 0.05) is 47.7 Å². The highest BCUT2D eigenvalue weighted by Crippen LogP contribution is 2.38. The Morgan fingerprint density at radius 1 is 1.06 bits per heavy atom. The van der Waals surface area contributed by atoms with Crippen molar-refractivity contribution in [2.75, 3.05) is 41.0 Å². The van der Waals surface area contributed by atoms with E-state index in [0.29, 0.717) is 61.7 Å². The van der Waals surface area contributed by atoms with E-state index in [2.05, 4.69) is 10.3 Å². The second-order valence-corrected chi connectivity index (χ2v) is 8.94. The van der Waals surface area contributed by atoms with Crippen molar-refractivity contribution in [3.8, 4) is 17.2 Å². The molecule has 0 bridgehead atoms. The summed E-state index contributed by atoms with van der Waals surface area (Å²) in [7, 11) is 4.53. The first-order chi connectivity index (χ1) is 17.4. The Kier molecular flexibility index (Phi) is 7.67. The Bertz CT molecular complexity index is 1240. The van der Waals surface area contributed by atoms with Crippen LogP contribution in [0.4, 0.5) is 4.39 Å². The molecule has 1 aliphatic heterocycles. The number of methoxy groups -OCH3 is 3. The molecule has 8 nitrogen and oxygen atoms in total. The third-order valence-corrected chi connectivity index (χ3v) is 6.82. The minimum atomic E-state index is -0.278. The number of nitrogens with one attached hydrogen (secondary N) is 2. The van der Waals surface area contributed by atoms with Crippen LogP contribution in [0.15, 0.2) is 30.3 Å².